The number of piperidine rings is 2. The number of hydrogen-bond acceptors (Lipinski definition) is 3. The predicted octanol–water partition coefficient (Wildman–Crippen LogP) is 1.81. The first-order valence-corrected chi connectivity index (χ1v) is 9.08. The molecule has 4 heteroatoms. The zero-order chi connectivity index (χ0) is 15.9. The normalized spacial score (nSPS) is 23.6. The van der Waals surface area contributed by atoms with Crippen LogP contribution in [0.3, 0.4) is 0 Å². The fourth-order valence-electron chi connectivity index (χ4n) is 3.63. The summed E-state index contributed by atoms with van der Waals surface area (Å²) in [6, 6.07) is 11.1. The van der Waals surface area contributed by atoms with Crippen molar-refractivity contribution in [2.24, 2.45) is 5.92 Å². The number of benzene rings is 1. The van der Waals surface area contributed by atoms with E-state index in [2.05, 4.69) is 45.9 Å². The van der Waals surface area contributed by atoms with Crippen LogP contribution in [0.4, 0.5) is 0 Å². The van der Waals surface area contributed by atoms with E-state index in [9.17, 15) is 4.79 Å². The van der Waals surface area contributed by atoms with Gasteiger partial charge in [0.05, 0.1) is 5.92 Å². The Morgan fingerprint density at radius 3 is 2.65 bits per heavy atom. The minimum atomic E-state index is 0.180. The second-order valence-corrected chi connectivity index (χ2v) is 6.90. The van der Waals surface area contributed by atoms with Crippen molar-refractivity contribution < 1.29 is 4.79 Å². The SMILES string of the molecule is O=C(NC1CCN(CCc2ccccc2)CC1)C1CCCNC1. The summed E-state index contributed by atoms with van der Waals surface area (Å²) in [7, 11) is 0. The van der Waals surface area contributed by atoms with E-state index in [4.69, 9.17) is 0 Å². The van der Waals surface area contributed by atoms with Crippen molar-refractivity contribution in [1.29, 1.82) is 0 Å². The molecule has 0 aromatic heterocycles. The summed E-state index contributed by atoms with van der Waals surface area (Å²) < 4.78 is 0. The zero-order valence-corrected chi connectivity index (χ0v) is 14.0. The highest BCUT2D eigenvalue weighted by Crippen LogP contribution is 2.14. The van der Waals surface area contributed by atoms with E-state index in [1.165, 1.54) is 5.56 Å². The third kappa shape index (κ3) is 5.05. The molecule has 2 heterocycles. The van der Waals surface area contributed by atoms with E-state index in [1.54, 1.807) is 0 Å². The maximum atomic E-state index is 12.3. The third-order valence-corrected chi connectivity index (χ3v) is 5.16. The van der Waals surface area contributed by atoms with Gasteiger partial charge in [-0.05, 0) is 44.2 Å². The van der Waals surface area contributed by atoms with Crippen LogP contribution in [0.1, 0.15) is 31.2 Å². The van der Waals surface area contributed by atoms with E-state index in [0.717, 1.165) is 64.8 Å². The van der Waals surface area contributed by atoms with Crippen molar-refractivity contribution in [3.63, 3.8) is 0 Å². The van der Waals surface area contributed by atoms with Gasteiger partial charge in [-0.25, -0.2) is 0 Å². The number of nitrogens with one attached hydrogen (secondary N) is 2. The molecule has 4 nitrogen and oxygen atoms in total. The maximum absolute atomic E-state index is 12.3. The fraction of sp³-hybridized carbons (Fsp3) is 0.632. The van der Waals surface area contributed by atoms with Crippen molar-refractivity contribution >= 4 is 5.91 Å². The molecule has 2 aliphatic rings. The van der Waals surface area contributed by atoms with E-state index < -0.39 is 0 Å². The van der Waals surface area contributed by atoms with Crippen molar-refractivity contribution in [3.8, 4) is 0 Å². The average molecular weight is 315 g/mol. The summed E-state index contributed by atoms with van der Waals surface area (Å²) in [6.07, 6.45) is 5.44. The smallest absolute Gasteiger partial charge is 0.224 e. The molecular formula is C19H29N3O. The summed E-state index contributed by atoms with van der Waals surface area (Å²) in [6.45, 7) is 5.23. The molecule has 2 saturated heterocycles. The van der Waals surface area contributed by atoms with Gasteiger partial charge in [0.15, 0.2) is 0 Å². The van der Waals surface area contributed by atoms with Crippen molar-refractivity contribution in [1.82, 2.24) is 15.5 Å². The predicted molar refractivity (Wildman–Crippen MR) is 93.3 cm³/mol. The van der Waals surface area contributed by atoms with Gasteiger partial charge < -0.3 is 15.5 Å². The lowest BCUT2D eigenvalue weighted by Crippen LogP contribution is -2.48. The van der Waals surface area contributed by atoms with Crippen LogP contribution < -0.4 is 10.6 Å². The van der Waals surface area contributed by atoms with Crippen molar-refractivity contribution in [3.05, 3.63) is 35.9 Å². The molecule has 0 saturated carbocycles. The summed E-state index contributed by atoms with van der Waals surface area (Å²) >= 11 is 0. The maximum Gasteiger partial charge on any atom is 0.224 e. The topological polar surface area (TPSA) is 44.4 Å². The van der Waals surface area contributed by atoms with E-state index in [-0.39, 0.29) is 11.8 Å². The summed E-state index contributed by atoms with van der Waals surface area (Å²) in [5.74, 6) is 0.444. The molecule has 0 aliphatic carbocycles. The molecule has 23 heavy (non-hydrogen) atoms. The van der Waals surface area contributed by atoms with E-state index in [0.29, 0.717) is 6.04 Å². The van der Waals surface area contributed by atoms with Gasteiger partial charge in [-0.3, -0.25) is 4.79 Å². The molecule has 3 rings (SSSR count). The lowest BCUT2D eigenvalue weighted by Gasteiger charge is -2.33. The Morgan fingerprint density at radius 2 is 1.96 bits per heavy atom. The molecule has 1 unspecified atom stereocenters. The molecule has 1 aromatic rings. The minimum Gasteiger partial charge on any atom is -0.353 e. The second-order valence-electron chi connectivity index (χ2n) is 6.90. The van der Waals surface area contributed by atoms with Crippen molar-refractivity contribution in [2.45, 2.75) is 38.1 Å². The summed E-state index contributed by atoms with van der Waals surface area (Å²) in [4.78, 5) is 14.8. The van der Waals surface area contributed by atoms with Gasteiger partial charge in [-0.15, -0.1) is 0 Å². The highest BCUT2D eigenvalue weighted by molar-refractivity contribution is 5.79. The van der Waals surface area contributed by atoms with Gasteiger partial charge in [0.2, 0.25) is 5.91 Å². The van der Waals surface area contributed by atoms with E-state index >= 15 is 0 Å². The average Bonchev–Trinajstić information content (AvgIpc) is 2.63. The molecule has 1 aromatic carbocycles. The van der Waals surface area contributed by atoms with Crippen LogP contribution in [0.2, 0.25) is 0 Å². The minimum absolute atomic E-state index is 0.180. The third-order valence-electron chi connectivity index (χ3n) is 5.16. The van der Waals surface area contributed by atoms with Crippen LogP contribution in [-0.4, -0.2) is 49.6 Å². The zero-order valence-electron chi connectivity index (χ0n) is 14.0. The Balaban J connectivity index is 1.36. The van der Waals surface area contributed by atoms with Crippen LogP contribution in [0.25, 0.3) is 0 Å². The van der Waals surface area contributed by atoms with Crippen LogP contribution in [0.5, 0.6) is 0 Å². The lowest BCUT2D eigenvalue weighted by molar-refractivity contribution is -0.126. The number of likely N-dealkylation sites (tertiary alicyclic amines) is 1. The highest BCUT2D eigenvalue weighted by Gasteiger charge is 2.25. The van der Waals surface area contributed by atoms with Crippen LogP contribution in [0.15, 0.2) is 30.3 Å². The fourth-order valence-corrected chi connectivity index (χ4v) is 3.63. The molecule has 1 amide bonds. The van der Waals surface area contributed by atoms with Crippen LogP contribution >= 0.6 is 0 Å². The monoisotopic (exact) mass is 315 g/mol. The first-order valence-electron chi connectivity index (χ1n) is 9.08. The number of carbonyl (C=O) groups is 1. The number of hydrogen-bond donors (Lipinski definition) is 2. The molecule has 0 spiro atoms. The molecule has 2 N–H and O–H groups in total. The molecule has 0 radical (unpaired) electrons. The highest BCUT2D eigenvalue weighted by atomic mass is 16.2. The molecule has 126 valence electrons. The Bertz CT molecular complexity index is 477. The first kappa shape index (κ1) is 16.5. The van der Waals surface area contributed by atoms with E-state index in [1.807, 2.05) is 0 Å². The Hall–Kier alpha value is -1.39. The number of amides is 1. The van der Waals surface area contributed by atoms with Gasteiger partial charge in [0, 0.05) is 32.2 Å². The van der Waals surface area contributed by atoms with Gasteiger partial charge in [0.1, 0.15) is 0 Å². The Morgan fingerprint density at radius 1 is 1.17 bits per heavy atom. The van der Waals surface area contributed by atoms with Gasteiger partial charge in [-0.1, -0.05) is 30.3 Å². The molecule has 0 bridgehead atoms. The standard InChI is InChI=1S/C19H29N3O/c23-19(17-7-4-11-20-15-17)21-18-9-13-22(14-10-18)12-8-16-5-2-1-3-6-16/h1-3,5-6,17-18,20H,4,7-15H2,(H,21,23). The second kappa shape index (κ2) is 8.46. The van der Waals surface area contributed by atoms with Crippen molar-refractivity contribution in [2.75, 3.05) is 32.7 Å². The first-order chi connectivity index (χ1) is 11.3. The molecule has 1 atom stereocenters. The van der Waals surface area contributed by atoms with Crippen LogP contribution in [0, 0.1) is 5.92 Å². The van der Waals surface area contributed by atoms with Gasteiger partial charge in [0.25, 0.3) is 0 Å². The molecule has 2 fully saturated rings. The largest absolute Gasteiger partial charge is 0.353 e. The van der Waals surface area contributed by atoms with Crippen LogP contribution in [-0.2, 0) is 11.2 Å². The molecular weight excluding hydrogens is 286 g/mol. The Kier molecular flexibility index (Phi) is 6.06. The molecule has 2 aliphatic heterocycles. The van der Waals surface area contributed by atoms with Gasteiger partial charge in [-0.2, -0.15) is 0 Å². The summed E-state index contributed by atoms with van der Waals surface area (Å²) in [5.41, 5.74) is 1.41. The number of carbonyl (C=O) groups excluding carboxylic acids is 1. The van der Waals surface area contributed by atoms with Gasteiger partial charge >= 0.3 is 0 Å². The quantitative estimate of drug-likeness (QED) is 0.871. The Labute approximate surface area is 139 Å². The number of nitrogens with zero attached hydrogens (tertiary/aromatic N) is 1. The lowest BCUT2D eigenvalue weighted by atomic mass is 9.97. The number of rotatable bonds is 5. The summed E-state index contributed by atoms with van der Waals surface area (Å²) in [5, 5.41) is 6.60.